The topological polar surface area (TPSA) is 114 Å². The molecule has 7 nitrogen and oxygen atoms in total. The Hall–Kier alpha value is -1.50. The van der Waals surface area contributed by atoms with Crippen molar-refractivity contribution in [2.45, 2.75) is 70.2 Å². The molecule has 0 heterocycles. The van der Waals surface area contributed by atoms with E-state index in [1.807, 2.05) is 20.8 Å². The number of nitrogens with one attached hydrogen (secondary N) is 2. The van der Waals surface area contributed by atoms with Gasteiger partial charge in [0.1, 0.15) is 5.60 Å². The number of alkyl carbamates (subject to hydrolysis) is 1. The molecule has 0 aromatic carbocycles. The highest BCUT2D eigenvalue weighted by molar-refractivity contribution is 5.68. The van der Waals surface area contributed by atoms with E-state index in [1.165, 1.54) is 12.8 Å². The van der Waals surface area contributed by atoms with Gasteiger partial charge in [-0.1, -0.05) is 0 Å². The molecule has 0 saturated heterocycles. The summed E-state index contributed by atoms with van der Waals surface area (Å²) in [6.07, 6.45) is 3.09. The number of rotatable bonds is 3. The summed E-state index contributed by atoms with van der Waals surface area (Å²) in [5, 5.41) is 13.6. The van der Waals surface area contributed by atoms with Gasteiger partial charge in [0.25, 0.3) is 0 Å². The molecule has 0 radical (unpaired) electrons. The molecule has 2 aliphatic carbocycles. The Bertz CT molecular complexity index is 340. The maximum absolute atomic E-state index is 11.4. The van der Waals surface area contributed by atoms with Crippen LogP contribution >= 0.6 is 0 Å². The van der Waals surface area contributed by atoms with E-state index >= 15 is 0 Å². The van der Waals surface area contributed by atoms with E-state index in [4.69, 9.17) is 14.6 Å². The third kappa shape index (κ3) is 7.83. The lowest BCUT2D eigenvalue weighted by Crippen LogP contribution is -2.53. The first-order chi connectivity index (χ1) is 9.15. The Morgan fingerprint density at radius 3 is 2.05 bits per heavy atom. The van der Waals surface area contributed by atoms with E-state index in [0.29, 0.717) is 12.1 Å². The lowest BCUT2D eigenvalue weighted by Gasteiger charge is -2.36. The first-order valence-corrected chi connectivity index (χ1v) is 6.89. The average Bonchev–Trinajstić information content (AvgIpc) is 2.93. The van der Waals surface area contributed by atoms with Crippen molar-refractivity contribution in [2.75, 3.05) is 0 Å². The van der Waals surface area contributed by atoms with E-state index in [1.54, 1.807) is 0 Å². The van der Waals surface area contributed by atoms with Crippen molar-refractivity contribution in [2.24, 2.45) is 5.73 Å². The van der Waals surface area contributed by atoms with Gasteiger partial charge in [0.2, 0.25) is 0 Å². The van der Waals surface area contributed by atoms with Gasteiger partial charge in [0, 0.05) is 18.1 Å². The molecule has 0 aliphatic heterocycles. The van der Waals surface area contributed by atoms with E-state index in [2.05, 4.69) is 16.4 Å². The number of amides is 2. The minimum Gasteiger partial charge on any atom is -0.465 e. The smallest absolute Gasteiger partial charge is 0.407 e. The summed E-state index contributed by atoms with van der Waals surface area (Å²) < 4.78 is 5.20. The molecule has 0 aromatic heterocycles. The van der Waals surface area contributed by atoms with Gasteiger partial charge in [-0.15, -0.1) is 0 Å². The van der Waals surface area contributed by atoms with Crippen molar-refractivity contribution in [1.29, 1.82) is 0 Å². The molecule has 2 rings (SSSR count). The van der Waals surface area contributed by atoms with Crippen LogP contribution in [-0.4, -0.2) is 41.0 Å². The fourth-order valence-electron chi connectivity index (χ4n) is 1.93. The first-order valence-electron chi connectivity index (χ1n) is 6.89. The number of carbonyl (C=O) groups is 2. The predicted octanol–water partition coefficient (Wildman–Crippen LogP) is 1.42. The fourth-order valence-corrected chi connectivity index (χ4v) is 1.93. The average molecular weight is 287 g/mol. The number of primary amides is 1. The van der Waals surface area contributed by atoms with Crippen LogP contribution in [0.1, 0.15) is 46.5 Å². The summed E-state index contributed by atoms with van der Waals surface area (Å²) in [5.74, 6) is 0. The molecule has 0 spiro atoms. The lowest BCUT2D eigenvalue weighted by molar-refractivity contribution is 0.0465. The summed E-state index contributed by atoms with van der Waals surface area (Å²) in [7, 11) is 0. The SMILES string of the molecule is CC(C)(C)OC(=O)NC1CC(NC2CC2)C1.NC(=O)O. The third-order valence-electron chi connectivity index (χ3n) is 2.91. The molecule has 2 fully saturated rings. The van der Waals surface area contributed by atoms with E-state index < -0.39 is 11.7 Å². The fraction of sp³-hybridized carbons (Fsp3) is 0.846. The van der Waals surface area contributed by atoms with Gasteiger partial charge >= 0.3 is 12.2 Å². The molecular formula is C13H25N3O4. The van der Waals surface area contributed by atoms with Crippen LogP contribution in [0.4, 0.5) is 9.59 Å². The normalized spacial score (nSPS) is 24.8. The zero-order valence-electron chi connectivity index (χ0n) is 12.3. The predicted molar refractivity (Wildman–Crippen MR) is 74.5 cm³/mol. The quantitative estimate of drug-likeness (QED) is 0.627. The largest absolute Gasteiger partial charge is 0.465 e. The van der Waals surface area contributed by atoms with Crippen LogP contribution in [0.5, 0.6) is 0 Å². The molecule has 0 atom stereocenters. The van der Waals surface area contributed by atoms with Crippen molar-refractivity contribution < 1.29 is 19.4 Å². The Balaban J connectivity index is 0.000000444. The van der Waals surface area contributed by atoms with Gasteiger partial charge in [-0.05, 0) is 46.5 Å². The molecule has 2 aliphatic rings. The molecule has 7 heteroatoms. The van der Waals surface area contributed by atoms with Gasteiger partial charge in [0.05, 0.1) is 0 Å². The molecule has 2 amide bonds. The zero-order chi connectivity index (χ0) is 15.3. The highest BCUT2D eigenvalue weighted by atomic mass is 16.6. The highest BCUT2D eigenvalue weighted by Gasteiger charge is 2.34. The summed E-state index contributed by atoms with van der Waals surface area (Å²) in [5.41, 5.74) is 3.62. The number of nitrogens with two attached hydrogens (primary N) is 1. The standard InChI is InChI=1S/C12H22N2O2.CH3NO2/c1-12(2,3)16-11(15)14-10-6-9(7-10)13-8-4-5-8;2-1(3)4/h8-10,13H,4-7H2,1-3H3,(H,14,15);2H2,(H,3,4). The molecule has 116 valence electrons. The van der Waals surface area contributed by atoms with E-state index in [9.17, 15) is 4.79 Å². The lowest BCUT2D eigenvalue weighted by atomic mass is 9.87. The summed E-state index contributed by atoms with van der Waals surface area (Å²) in [4.78, 5) is 20.2. The van der Waals surface area contributed by atoms with Crippen LogP contribution in [0.25, 0.3) is 0 Å². The van der Waals surface area contributed by atoms with Crippen LogP contribution in [0.2, 0.25) is 0 Å². The van der Waals surface area contributed by atoms with Gasteiger partial charge in [0.15, 0.2) is 0 Å². The van der Waals surface area contributed by atoms with Gasteiger partial charge < -0.3 is 26.2 Å². The minimum absolute atomic E-state index is 0.289. The molecular weight excluding hydrogens is 262 g/mol. The maximum Gasteiger partial charge on any atom is 0.407 e. The van der Waals surface area contributed by atoms with Crippen molar-refractivity contribution in [3.05, 3.63) is 0 Å². The van der Waals surface area contributed by atoms with Gasteiger partial charge in [-0.25, -0.2) is 9.59 Å². The molecule has 0 bridgehead atoms. The van der Waals surface area contributed by atoms with Crippen molar-refractivity contribution in [3.63, 3.8) is 0 Å². The summed E-state index contributed by atoms with van der Waals surface area (Å²) >= 11 is 0. The van der Waals surface area contributed by atoms with Gasteiger partial charge in [-0.2, -0.15) is 0 Å². The van der Waals surface area contributed by atoms with Crippen molar-refractivity contribution in [1.82, 2.24) is 10.6 Å². The minimum atomic E-state index is -1.33. The number of ether oxygens (including phenoxy) is 1. The number of hydrogen-bond acceptors (Lipinski definition) is 4. The van der Waals surface area contributed by atoms with E-state index in [0.717, 1.165) is 18.9 Å². The first kappa shape index (κ1) is 16.6. The van der Waals surface area contributed by atoms with Crippen LogP contribution in [0, 0.1) is 0 Å². The second-order valence-electron chi connectivity index (χ2n) is 6.29. The number of carboxylic acid groups (broad SMARTS) is 1. The van der Waals surface area contributed by atoms with Crippen LogP contribution in [-0.2, 0) is 4.74 Å². The van der Waals surface area contributed by atoms with Crippen LogP contribution in [0.15, 0.2) is 0 Å². The maximum atomic E-state index is 11.4. The second kappa shape index (κ2) is 6.78. The van der Waals surface area contributed by atoms with Gasteiger partial charge in [-0.3, -0.25) is 0 Å². The van der Waals surface area contributed by atoms with Crippen molar-refractivity contribution in [3.8, 4) is 0 Å². The highest BCUT2D eigenvalue weighted by Crippen LogP contribution is 2.26. The van der Waals surface area contributed by atoms with Crippen LogP contribution in [0.3, 0.4) is 0 Å². The Morgan fingerprint density at radius 1 is 1.15 bits per heavy atom. The third-order valence-corrected chi connectivity index (χ3v) is 2.91. The Morgan fingerprint density at radius 2 is 1.65 bits per heavy atom. The Kier molecular flexibility index (Phi) is 5.62. The second-order valence-corrected chi connectivity index (χ2v) is 6.29. The zero-order valence-corrected chi connectivity index (χ0v) is 12.3. The molecule has 0 aromatic rings. The Labute approximate surface area is 119 Å². The number of carbonyl (C=O) groups excluding carboxylic acids is 1. The van der Waals surface area contributed by atoms with E-state index in [-0.39, 0.29) is 6.09 Å². The van der Waals surface area contributed by atoms with Crippen molar-refractivity contribution >= 4 is 12.2 Å². The molecule has 20 heavy (non-hydrogen) atoms. The molecule has 2 saturated carbocycles. The summed E-state index contributed by atoms with van der Waals surface area (Å²) in [6.45, 7) is 5.64. The molecule has 0 unspecified atom stereocenters. The number of hydrogen-bond donors (Lipinski definition) is 4. The molecule has 5 N–H and O–H groups in total. The monoisotopic (exact) mass is 287 g/mol. The summed E-state index contributed by atoms with van der Waals surface area (Å²) in [6, 6.07) is 1.66. The van der Waals surface area contributed by atoms with Crippen LogP contribution < -0.4 is 16.4 Å².